The molecule has 16 heavy (non-hydrogen) atoms. The molecule has 0 aliphatic carbocycles. The summed E-state index contributed by atoms with van der Waals surface area (Å²) < 4.78 is 0. The van der Waals surface area contributed by atoms with Gasteiger partial charge in [0.2, 0.25) is 0 Å². The van der Waals surface area contributed by atoms with Crippen LogP contribution in [0.2, 0.25) is 0 Å². The molecule has 98 valence electrons. The standard InChI is InChI=1S/C16H34/c1-7-8-9-10-14(4)12-16(6)15(5)11-13(2)3/h13-16H,7-12H2,1-6H3. The van der Waals surface area contributed by atoms with Crippen molar-refractivity contribution in [2.24, 2.45) is 23.7 Å². The van der Waals surface area contributed by atoms with Crippen LogP contribution in [0.25, 0.3) is 0 Å². The Kier molecular flexibility index (Phi) is 9.07. The van der Waals surface area contributed by atoms with Crippen LogP contribution in [0.4, 0.5) is 0 Å². The summed E-state index contributed by atoms with van der Waals surface area (Å²) in [6, 6.07) is 0. The minimum atomic E-state index is 0.854. The summed E-state index contributed by atoms with van der Waals surface area (Å²) in [4.78, 5) is 0. The third kappa shape index (κ3) is 8.19. The quantitative estimate of drug-likeness (QED) is 0.429. The van der Waals surface area contributed by atoms with Crippen molar-refractivity contribution in [1.29, 1.82) is 0 Å². The zero-order chi connectivity index (χ0) is 12.6. The Bertz CT molecular complexity index is 148. The Hall–Kier alpha value is 0. The van der Waals surface area contributed by atoms with Crippen molar-refractivity contribution >= 4 is 0 Å². The van der Waals surface area contributed by atoms with E-state index in [4.69, 9.17) is 0 Å². The molecule has 0 bridgehead atoms. The molecule has 0 aliphatic rings. The smallest absolute Gasteiger partial charge is 0.0414 e. The second-order valence-corrected chi connectivity index (χ2v) is 6.42. The van der Waals surface area contributed by atoms with E-state index in [1.54, 1.807) is 0 Å². The lowest BCUT2D eigenvalue weighted by molar-refractivity contribution is 0.267. The molecular weight excluding hydrogens is 192 g/mol. The molecule has 0 nitrogen and oxygen atoms in total. The van der Waals surface area contributed by atoms with Crippen molar-refractivity contribution < 1.29 is 0 Å². The summed E-state index contributed by atoms with van der Waals surface area (Å²) >= 11 is 0. The highest BCUT2D eigenvalue weighted by atomic mass is 14.2. The topological polar surface area (TPSA) is 0 Å². The van der Waals surface area contributed by atoms with E-state index >= 15 is 0 Å². The van der Waals surface area contributed by atoms with Gasteiger partial charge in [-0.15, -0.1) is 0 Å². The summed E-state index contributed by atoms with van der Waals surface area (Å²) in [5.41, 5.74) is 0. The molecule has 0 heteroatoms. The van der Waals surface area contributed by atoms with E-state index in [0.29, 0.717) is 0 Å². The van der Waals surface area contributed by atoms with Gasteiger partial charge in [-0.1, -0.05) is 67.2 Å². The first kappa shape index (κ1) is 16.0. The third-order valence-electron chi connectivity index (χ3n) is 3.89. The van der Waals surface area contributed by atoms with E-state index in [2.05, 4.69) is 41.5 Å². The van der Waals surface area contributed by atoms with E-state index in [0.717, 1.165) is 23.7 Å². The van der Waals surface area contributed by atoms with Crippen LogP contribution in [0.5, 0.6) is 0 Å². The van der Waals surface area contributed by atoms with E-state index in [1.807, 2.05) is 0 Å². The number of hydrogen-bond donors (Lipinski definition) is 0. The summed E-state index contributed by atoms with van der Waals surface area (Å²) in [7, 11) is 0. The van der Waals surface area contributed by atoms with Crippen LogP contribution in [0.15, 0.2) is 0 Å². The van der Waals surface area contributed by atoms with E-state index in [9.17, 15) is 0 Å². The van der Waals surface area contributed by atoms with Crippen molar-refractivity contribution in [2.75, 3.05) is 0 Å². The highest BCUT2D eigenvalue weighted by Gasteiger charge is 2.16. The van der Waals surface area contributed by atoms with Crippen molar-refractivity contribution in [3.63, 3.8) is 0 Å². The molecule has 0 saturated heterocycles. The maximum absolute atomic E-state index is 2.45. The molecule has 3 atom stereocenters. The Morgan fingerprint density at radius 1 is 0.750 bits per heavy atom. The van der Waals surface area contributed by atoms with E-state index in [-0.39, 0.29) is 0 Å². The molecular formula is C16H34. The minimum absolute atomic E-state index is 0.854. The monoisotopic (exact) mass is 226 g/mol. The molecule has 0 aliphatic heterocycles. The number of unbranched alkanes of at least 4 members (excludes halogenated alkanes) is 2. The van der Waals surface area contributed by atoms with E-state index in [1.165, 1.54) is 38.5 Å². The zero-order valence-electron chi connectivity index (χ0n) is 12.6. The first-order valence-corrected chi connectivity index (χ1v) is 7.47. The molecule has 0 rings (SSSR count). The van der Waals surface area contributed by atoms with Crippen LogP contribution < -0.4 is 0 Å². The van der Waals surface area contributed by atoms with Crippen molar-refractivity contribution in [3.05, 3.63) is 0 Å². The van der Waals surface area contributed by atoms with Gasteiger partial charge in [0.05, 0.1) is 0 Å². The van der Waals surface area contributed by atoms with Gasteiger partial charge in [0.1, 0.15) is 0 Å². The molecule has 0 N–H and O–H groups in total. The van der Waals surface area contributed by atoms with Gasteiger partial charge < -0.3 is 0 Å². The van der Waals surface area contributed by atoms with Gasteiger partial charge in [-0.05, 0) is 36.5 Å². The Morgan fingerprint density at radius 2 is 1.31 bits per heavy atom. The van der Waals surface area contributed by atoms with Crippen molar-refractivity contribution in [3.8, 4) is 0 Å². The highest BCUT2D eigenvalue weighted by Crippen LogP contribution is 2.27. The second-order valence-electron chi connectivity index (χ2n) is 6.42. The molecule has 0 aromatic carbocycles. The van der Waals surface area contributed by atoms with Gasteiger partial charge in [0, 0.05) is 0 Å². The maximum Gasteiger partial charge on any atom is -0.0414 e. The Labute approximate surface area is 104 Å². The summed E-state index contributed by atoms with van der Waals surface area (Å²) in [5, 5.41) is 0. The van der Waals surface area contributed by atoms with Gasteiger partial charge in [0.25, 0.3) is 0 Å². The lowest BCUT2D eigenvalue weighted by Crippen LogP contribution is -2.14. The van der Waals surface area contributed by atoms with E-state index < -0.39 is 0 Å². The highest BCUT2D eigenvalue weighted by molar-refractivity contribution is 4.67. The van der Waals surface area contributed by atoms with Gasteiger partial charge in [-0.2, -0.15) is 0 Å². The van der Waals surface area contributed by atoms with Crippen LogP contribution in [-0.4, -0.2) is 0 Å². The summed E-state index contributed by atoms with van der Waals surface area (Å²) in [6.45, 7) is 14.3. The van der Waals surface area contributed by atoms with Crippen LogP contribution in [0.1, 0.15) is 80.1 Å². The first-order valence-electron chi connectivity index (χ1n) is 7.47. The number of rotatable bonds is 9. The lowest BCUT2D eigenvalue weighted by Gasteiger charge is -2.24. The fourth-order valence-electron chi connectivity index (χ4n) is 2.70. The minimum Gasteiger partial charge on any atom is -0.0654 e. The molecule has 0 aromatic heterocycles. The average molecular weight is 226 g/mol. The Balaban J connectivity index is 3.71. The molecule has 0 radical (unpaired) electrons. The van der Waals surface area contributed by atoms with Crippen LogP contribution in [0, 0.1) is 23.7 Å². The Morgan fingerprint density at radius 3 is 1.81 bits per heavy atom. The molecule has 0 aromatic rings. The molecule has 0 amide bonds. The molecule has 0 heterocycles. The molecule has 3 unspecified atom stereocenters. The fourth-order valence-corrected chi connectivity index (χ4v) is 2.70. The molecule has 0 fully saturated rings. The zero-order valence-corrected chi connectivity index (χ0v) is 12.6. The predicted molar refractivity (Wildman–Crippen MR) is 75.7 cm³/mol. The van der Waals surface area contributed by atoms with Gasteiger partial charge in [-0.3, -0.25) is 0 Å². The van der Waals surface area contributed by atoms with Gasteiger partial charge in [0.15, 0.2) is 0 Å². The van der Waals surface area contributed by atoms with Crippen molar-refractivity contribution in [2.45, 2.75) is 80.1 Å². The average Bonchev–Trinajstić information content (AvgIpc) is 2.16. The largest absolute Gasteiger partial charge is 0.0654 e. The molecule has 0 saturated carbocycles. The summed E-state index contributed by atoms with van der Waals surface area (Å²) in [6.07, 6.45) is 8.46. The molecule has 0 spiro atoms. The first-order chi connectivity index (χ1) is 7.47. The van der Waals surface area contributed by atoms with Gasteiger partial charge in [-0.25, -0.2) is 0 Å². The summed E-state index contributed by atoms with van der Waals surface area (Å²) in [5.74, 6) is 3.58. The lowest BCUT2D eigenvalue weighted by atomic mass is 9.82. The van der Waals surface area contributed by atoms with Crippen molar-refractivity contribution in [1.82, 2.24) is 0 Å². The predicted octanol–water partition coefficient (Wildman–Crippen LogP) is 5.91. The SMILES string of the molecule is CCCCCC(C)CC(C)C(C)CC(C)C. The fraction of sp³-hybridized carbons (Fsp3) is 1.00. The van der Waals surface area contributed by atoms with Crippen LogP contribution >= 0.6 is 0 Å². The normalized spacial score (nSPS) is 17.4. The van der Waals surface area contributed by atoms with Crippen LogP contribution in [0.3, 0.4) is 0 Å². The van der Waals surface area contributed by atoms with Gasteiger partial charge >= 0.3 is 0 Å². The van der Waals surface area contributed by atoms with Crippen LogP contribution in [-0.2, 0) is 0 Å². The maximum atomic E-state index is 2.45. The second kappa shape index (κ2) is 9.07. The third-order valence-corrected chi connectivity index (χ3v) is 3.89. The number of hydrogen-bond acceptors (Lipinski definition) is 0.